The summed E-state index contributed by atoms with van der Waals surface area (Å²) in [5, 5.41) is 17.2. The molecule has 2 rings (SSSR count). The van der Waals surface area contributed by atoms with E-state index in [4.69, 9.17) is 0 Å². The number of hydrogen-bond donors (Lipinski definition) is 2. The minimum atomic E-state index is -0.627. The number of nitrogens with zero attached hydrogens (tertiary/aromatic N) is 3. The molecule has 0 saturated heterocycles. The summed E-state index contributed by atoms with van der Waals surface area (Å²) < 4.78 is 0. The minimum Gasteiger partial charge on any atom is -0.373 e. The second-order valence-electron chi connectivity index (χ2n) is 4.12. The molecule has 2 N–H and O–H groups in total. The number of rotatable bonds is 5. The Hall–Kier alpha value is -2.55. The Morgan fingerprint density at radius 3 is 2.76 bits per heavy atom. The van der Waals surface area contributed by atoms with Gasteiger partial charge in [-0.25, -0.2) is 9.97 Å². The molecule has 1 amide bonds. The monoisotopic (exact) mass is 307 g/mol. The first kappa shape index (κ1) is 14.9. The summed E-state index contributed by atoms with van der Waals surface area (Å²) >= 11 is 1.46. The first-order chi connectivity index (χ1) is 10.0. The Kier molecular flexibility index (Phi) is 4.43. The smallest absolute Gasteiger partial charge is 0.300 e. The fourth-order valence-electron chi connectivity index (χ4n) is 1.66. The van der Waals surface area contributed by atoms with Crippen molar-refractivity contribution in [3.63, 3.8) is 0 Å². The second-order valence-corrected chi connectivity index (χ2v) is 5.44. The summed E-state index contributed by atoms with van der Waals surface area (Å²) in [5.41, 5.74) is -0.354. The Bertz CT molecular complexity index is 685. The quantitative estimate of drug-likeness (QED) is 0.643. The topological polar surface area (TPSA) is 110 Å². The van der Waals surface area contributed by atoms with E-state index >= 15 is 0 Å². The number of carbonyl (C=O) groups is 1. The highest BCUT2D eigenvalue weighted by molar-refractivity contribution is 7.11. The van der Waals surface area contributed by atoms with E-state index in [0.29, 0.717) is 5.82 Å². The molecule has 0 saturated carbocycles. The van der Waals surface area contributed by atoms with Gasteiger partial charge in [-0.3, -0.25) is 14.9 Å². The van der Waals surface area contributed by atoms with Crippen molar-refractivity contribution >= 4 is 28.7 Å². The van der Waals surface area contributed by atoms with Crippen LogP contribution < -0.4 is 10.6 Å². The summed E-state index contributed by atoms with van der Waals surface area (Å²) in [6.07, 6.45) is 2.73. The number of aromatic nitrogens is 2. The predicted octanol–water partition coefficient (Wildman–Crippen LogP) is 1.73. The zero-order valence-electron chi connectivity index (χ0n) is 11.4. The van der Waals surface area contributed by atoms with E-state index in [9.17, 15) is 14.9 Å². The lowest BCUT2D eigenvalue weighted by molar-refractivity contribution is -0.385. The molecule has 110 valence electrons. The van der Waals surface area contributed by atoms with Crippen molar-refractivity contribution in [2.75, 3.05) is 12.4 Å². The van der Waals surface area contributed by atoms with Crippen molar-refractivity contribution in [2.45, 2.75) is 13.5 Å². The van der Waals surface area contributed by atoms with Crippen LogP contribution in [-0.2, 0) is 6.54 Å². The maximum atomic E-state index is 12.1. The van der Waals surface area contributed by atoms with Crippen LogP contribution in [0, 0.1) is 17.0 Å². The zero-order chi connectivity index (χ0) is 15.4. The van der Waals surface area contributed by atoms with Crippen LogP contribution in [0.5, 0.6) is 0 Å². The first-order valence-electron chi connectivity index (χ1n) is 6.03. The van der Waals surface area contributed by atoms with Gasteiger partial charge in [0.1, 0.15) is 17.6 Å². The molecule has 0 aliphatic carbocycles. The van der Waals surface area contributed by atoms with Crippen molar-refractivity contribution in [1.29, 1.82) is 0 Å². The van der Waals surface area contributed by atoms with E-state index in [2.05, 4.69) is 20.6 Å². The number of thiazole rings is 1. The Labute approximate surface area is 124 Å². The van der Waals surface area contributed by atoms with E-state index in [1.165, 1.54) is 17.4 Å². The van der Waals surface area contributed by atoms with Crippen molar-refractivity contribution in [3.05, 3.63) is 44.0 Å². The molecule has 2 heterocycles. The van der Waals surface area contributed by atoms with Crippen LogP contribution >= 0.6 is 11.3 Å². The molecule has 0 unspecified atom stereocenters. The maximum absolute atomic E-state index is 12.1. The van der Waals surface area contributed by atoms with Crippen LogP contribution in [0.1, 0.15) is 20.2 Å². The number of aryl methyl sites for hydroxylation is 1. The minimum absolute atomic E-state index is 0.0272. The first-order valence-corrected chi connectivity index (χ1v) is 6.84. The van der Waals surface area contributed by atoms with Crippen LogP contribution in [0.2, 0.25) is 0 Å². The van der Waals surface area contributed by atoms with Crippen molar-refractivity contribution in [1.82, 2.24) is 15.3 Å². The van der Waals surface area contributed by atoms with E-state index in [0.717, 1.165) is 16.1 Å². The summed E-state index contributed by atoms with van der Waals surface area (Å²) in [4.78, 5) is 31.3. The van der Waals surface area contributed by atoms with Gasteiger partial charge in [0.15, 0.2) is 0 Å². The number of hydrogen-bond acceptors (Lipinski definition) is 7. The van der Waals surface area contributed by atoms with Gasteiger partial charge in [0.05, 0.1) is 16.5 Å². The lowest BCUT2D eigenvalue weighted by atomic mass is 10.2. The molecule has 0 radical (unpaired) electrons. The molecule has 2 aromatic rings. The Balaban J connectivity index is 2.19. The van der Waals surface area contributed by atoms with Gasteiger partial charge in [0.25, 0.3) is 11.6 Å². The van der Waals surface area contributed by atoms with Gasteiger partial charge in [0, 0.05) is 24.2 Å². The summed E-state index contributed by atoms with van der Waals surface area (Å²) in [5.74, 6) is -0.133. The van der Waals surface area contributed by atoms with Crippen molar-refractivity contribution < 1.29 is 9.72 Å². The summed E-state index contributed by atoms with van der Waals surface area (Å²) in [6, 6.07) is 1.35. The highest BCUT2D eigenvalue weighted by atomic mass is 32.1. The molecule has 0 aliphatic heterocycles. The summed E-state index contributed by atoms with van der Waals surface area (Å²) in [7, 11) is 1.62. The Morgan fingerprint density at radius 2 is 2.19 bits per heavy atom. The van der Waals surface area contributed by atoms with Gasteiger partial charge < -0.3 is 10.6 Å². The SMILES string of the molecule is CNc1cc(C(=O)NCc2cnc(C)s2)c([N+](=O)[O-])cn1. The number of nitrogens with one attached hydrogen (secondary N) is 2. The fourth-order valence-corrected chi connectivity index (χ4v) is 2.40. The number of nitro groups is 1. The van der Waals surface area contributed by atoms with Crippen LogP contribution in [0.15, 0.2) is 18.5 Å². The Morgan fingerprint density at radius 1 is 1.43 bits per heavy atom. The zero-order valence-corrected chi connectivity index (χ0v) is 12.2. The molecule has 0 spiro atoms. The molecule has 0 fully saturated rings. The molecule has 0 atom stereocenters. The highest BCUT2D eigenvalue weighted by Gasteiger charge is 2.21. The third kappa shape index (κ3) is 3.51. The molecule has 0 aliphatic rings. The third-order valence-corrected chi connectivity index (χ3v) is 3.59. The molecular formula is C12H13N5O3S. The summed E-state index contributed by atoms with van der Waals surface area (Å²) in [6.45, 7) is 2.14. The van der Waals surface area contributed by atoms with E-state index in [1.54, 1.807) is 13.2 Å². The lowest BCUT2D eigenvalue weighted by Gasteiger charge is -2.06. The largest absolute Gasteiger partial charge is 0.373 e. The molecule has 21 heavy (non-hydrogen) atoms. The average Bonchev–Trinajstić information content (AvgIpc) is 2.89. The highest BCUT2D eigenvalue weighted by Crippen LogP contribution is 2.20. The van der Waals surface area contributed by atoms with Crippen LogP contribution in [0.25, 0.3) is 0 Å². The van der Waals surface area contributed by atoms with E-state index < -0.39 is 10.8 Å². The molecule has 9 heteroatoms. The standard InChI is InChI=1S/C12H13N5O3S/c1-7-14-4-8(21-7)5-16-12(18)9-3-11(13-2)15-6-10(9)17(19)20/h3-4,6H,5H2,1-2H3,(H,13,15)(H,16,18). The van der Waals surface area contributed by atoms with Crippen molar-refractivity contribution in [3.8, 4) is 0 Å². The van der Waals surface area contributed by atoms with Crippen molar-refractivity contribution in [2.24, 2.45) is 0 Å². The van der Waals surface area contributed by atoms with Crippen LogP contribution in [0.3, 0.4) is 0 Å². The van der Waals surface area contributed by atoms with E-state index in [1.807, 2.05) is 6.92 Å². The lowest BCUT2D eigenvalue weighted by Crippen LogP contribution is -2.23. The van der Waals surface area contributed by atoms with Crippen LogP contribution in [-0.4, -0.2) is 27.8 Å². The maximum Gasteiger partial charge on any atom is 0.300 e. The molecular weight excluding hydrogens is 294 g/mol. The van der Waals surface area contributed by atoms with E-state index in [-0.39, 0.29) is 17.8 Å². The normalized spacial score (nSPS) is 10.2. The number of anilines is 1. The average molecular weight is 307 g/mol. The van der Waals surface area contributed by atoms with Gasteiger partial charge in [-0.05, 0) is 6.92 Å². The van der Waals surface area contributed by atoms with Gasteiger partial charge in [-0.1, -0.05) is 0 Å². The third-order valence-electron chi connectivity index (χ3n) is 2.67. The number of pyridine rings is 1. The molecule has 0 aromatic carbocycles. The molecule has 8 nitrogen and oxygen atoms in total. The fraction of sp³-hybridized carbons (Fsp3) is 0.250. The predicted molar refractivity (Wildman–Crippen MR) is 78.5 cm³/mol. The van der Waals surface area contributed by atoms with Crippen LogP contribution in [0.4, 0.5) is 11.5 Å². The van der Waals surface area contributed by atoms with Gasteiger partial charge >= 0.3 is 0 Å². The van der Waals surface area contributed by atoms with Gasteiger partial charge in [-0.2, -0.15) is 0 Å². The number of carbonyl (C=O) groups excluding carboxylic acids is 1. The van der Waals surface area contributed by atoms with Gasteiger partial charge in [0.2, 0.25) is 0 Å². The van der Waals surface area contributed by atoms with Gasteiger partial charge in [-0.15, -0.1) is 11.3 Å². The molecule has 0 bridgehead atoms. The number of amides is 1. The molecule has 2 aromatic heterocycles. The second kappa shape index (κ2) is 6.27.